The van der Waals surface area contributed by atoms with Crippen LogP contribution in [0.5, 0.6) is 0 Å². The summed E-state index contributed by atoms with van der Waals surface area (Å²) in [6, 6.07) is 11.0. The molecule has 5 atom stereocenters. The zero-order valence-corrected chi connectivity index (χ0v) is 13.1. The number of benzene rings is 1. The zero-order valence-electron chi connectivity index (χ0n) is 13.1. The minimum absolute atomic E-state index is 0.192. The number of aliphatic hydroxyl groups excluding tert-OH is 1. The summed E-state index contributed by atoms with van der Waals surface area (Å²) in [5.41, 5.74) is 1.42. The molecule has 21 heavy (non-hydrogen) atoms. The van der Waals surface area contributed by atoms with Crippen LogP contribution in [-0.4, -0.2) is 47.4 Å². The van der Waals surface area contributed by atoms with E-state index in [1.165, 1.54) is 5.56 Å². The quantitative estimate of drug-likeness (QED) is 0.909. The van der Waals surface area contributed by atoms with Gasteiger partial charge in [-0.1, -0.05) is 30.3 Å². The van der Waals surface area contributed by atoms with Crippen LogP contribution >= 0.6 is 0 Å². The van der Waals surface area contributed by atoms with Crippen LogP contribution in [0.2, 0.25) is 0 Å². The maximum absolute atomic E-state index is 10.5. The molecule has 0 spiro atoms. The van der Waals surface area contributed by atoms with Gasteiger partial charge in [0.05, 0.1) is 18.3 Å². The van der Waals surface area contributed by atoms with Crippen molar-refractivity contribution in [2.24, 2.45) is 0 Å². The van der Waals surface area contributed by atoms with Crippen molar-refractivity contribution in [1.82, 2.24) is 4.90 Å². The average Bonchev–Trinajstić information content (AvgIpc) is 2.47. The van der Waals surface area contributed by atoms with Crippen LogP contribution in [0.25, 0.3) is 0 Å². The van der Waals surface area contributed by atoms with Gasteiger partial charge in [0.1, 0.15) is 0 Å². The molecule has 3 heteroatoms. The molecule has 1 aromatic rings. The van der Waals surface area contributed by atoms with Gasteiger partial charge in [0.25, 0.3) is 0 Å². The van der Waals surface area contributed by atoms with Crippen LogP contribution in [0.15, 0.2) is 30.3 Å². The van der Waals surface area contributed by atoms with Gasteiger partial charge < -0.3 is 9.84 Å². The Morgan fingerprint density at radius 2 is 1.71 bits per heavy atom. The molecule has 1 aromatic carbocycles. The van der Waals surface area contributed by atoms with Crippen molar-refractivity contribution in [3.8, 4) is 0 Å². The van der Waals surface area contributed by atoms with E-state index >= 15 is 0 Å². The Kier molecular flexibility index (Phi) is 4.63. The lowest BCUT2D eigenvalue weighted by molar-refractivity contribution is -0.103. The second-order valence-corrected chi connectivity index (χ2v) is 6.77. The first-order valence-electron chi connectivity index (χ1n) is 8.26. The fourth-order valence-corrected chi connectivity index (χ4v) is 4.04. The number of rotatable bonds is 2. The van der Waals surface area contributed by atoms with E-state index in [2.05, 4.69) is 49.1 Å². The zero-order chi connectivity index (χ0) is 14.8. The SMILES string of the molecule is C[C@@H]1CN(C2CC(c3ccccc3)CCC2O)C[C@H](C)O1. The summed E-state index contributed by atoms with van der Waals surface area (Å²) in [5.74, 6) is 0.577. The Labute approximate surface area is 127 Å². The van der Waals surface area contributed by atoms with Gasteiger partial charge in [0, 0.05) is 19.1 Å². The van der Waals surface area contributed by atoms with Gasteiger partial charge in [-0.25, -0.2) is 0 Å². The van der Waals surface area contributed by atoms with Crippen LogP contribution in [0.4, 0.5) is 0 Å². The van der Waals surface area contributed by atoms with E-state index in [4.69, 9.17) is 4.74 Å². The fraction of sp³-hybridized carbons (Fsp3) is 0.667. The third-order valence-corrected chi connectivity index (χ3v) is 4.97. The number of hydrogen-bond donors (Lipinski definition) is 1. The largest absolute Gasteiger partial charge is 0.391 e. The van der Waals surface area contributed by atoms with Gasteiger partial charge in [-0.2, -0.15) is 0 Å². The predicted molar refractivity (Wildman–Crippen MR) is 84.4 cm³/mol. The Morgan fingerprint density at radius 3 is 2.38 bits per heavy atom. The first-order valence-corrected chi connectivity index (χ1v) is 8.26. The smallest absolute Gasteiger partial charge is 0.0695 e. The molecule has 1 saturated heterocycles. The van der Waals surface area contributed by atoms with E-state index in [-0.39, 0.29) is 24.4 Å². The average molecular weight is 289 g/mol. The molecule has 1 heterocycles. The lowest BCUT2D eigenvalue weighted by atomic mass is 9.79. The second kappa shape index (κ2) is 6.47. The van der Waals surface area contributed by atoms with E-state index in [1.807, 2.05) is 0 Å². The molecule has 2 aliphatic rings. The topological polar surface area (TPSA) is 32.7 Å². The molecule has 0 aromatic heterocycles. The van der Waals surface area contributed by atoms with Crippen molar-refractivity contribution in [3.63, 3.8) is 0 Å². The fourth-order valence-electron chi connectivity index (χ4n) is 4.04. The van der Waals surface area contributed by atoms with Crippen LogP contribution in [-0.2, 0) is 4.74 Å². The normalized spacial score (nSPS) is 38.3. The number of morpholine rings is 1. The molecule has 1 N–H and O–H groups in total. The van der Waals surface area contributed by atoms with Crippen LogP contribution in [0, 0.1) is 0 Å². The van der Waals surface area contributed by atoms with Crippen molar-refractivity contribution in [1.29, 1.82) is 0 Å². The summed E-state index contributed by atoms with van der Waals surface area (Å²) in [7, 11) is 0. The molecule has 1 saturated carbocycles. The molecule has 1 aliphatic heterocycles. The van der Waals surface area contributed by atoms with Crippen molar-refractivity contribution in [2.75, 3.05) is 13.1 Å². The monoisotopic (exact) mass is 289 g/mol. The van der Waals surface area contributed by atoms with E-state index in [9.17, 15) is 5.11 Å². The Hall–Kier alpha value is -0.900. The molecule has 3 rings (SSSR count). The highest BCUT2D eigenvalue weighted by molar-refractivity contribution is 5.20. The maximum Gasteiger partial charge on any atom is 0.0695 e. The van der Waals surface area contributed by atoms with Gasteiger partial charge in [-0.05, 0) is 44.6 Å². The molecule has 0 amide bonds. The summed E-state index contributed by atoms with van der Waals surface area (Å²) in [6.07, 6.45) is 3.39. The third kappa shape index (κ3) is 3.47. The lowest BCUT2D eigenvalue weighted by Gasteiger charge is -2.45. The van der Waals surface area contributed by atoms with Crippen LogP contribution < -0.4 is 0 Å². The second-order valence-electron chi connectivity index (χ2n) is 6.77. The van der Waals surface area contributed by atoms with Gasteiger partial charge in [-0.15, -0.1) is 0 Å². The molecule has 3 unspecified atom stereocenters. The van der Waals surface area contributed by atoms with Crippen LogP contribution in [0.3, 0.4) is 0 Å². The first kappa shape index (κ1) is 15.0. The van der Waals surface area contributed by atoms with Gasteiger partial charge in [0.2, 0.25) is 0 Å². The van der Waals surface area contributed by atoms with Crippen molar-refractivity contribution < 1.29 is 9.84 Å². The van der Waals surface area contributed by atoms with Gasteiger partial charge in [0.15, 0.2) is 0 Å². The third-order valence-electron chi connectivity index (χ3n) is 4.97. The molecular formula is C18H27NO2. The minimum atomic E-state index is -0.192. The molecule has 1 aliphatic carbocycles. The summed E-state index contributed by atoms with van der Waals surface area (Å²) in [4.78, 5) is 2.46. The Balaban J connectivity index is 1.71. The highest BCUT2D eigenvalue weighted by Gasteiger charge is 2.36. The lowest BCUT2D eigenvalue weighted by Crippen LogP contribution is -2.55. The van der Waals surface area contributed by atoms with Crippen molar-refractivity contribution in [3.05, 3.63) is 35.9 Å². The summed E-state index contributed by atoms with van der Waals surface area (Å²) >= 11 is 0. The van der Waals surface area contributed by atoms with E-state index < -0.39 is 0 Å². The number of aliphatic hydroxyl groups is 1. The van der Waals surface area contributed by atoms with E-state index in [0.29, 0.717) is 5.92 Å². The molecular weight excluding hydrogens is 262 g/mol. The highest BCUT2D eigenvalue weighted by Crippen LogP contribution is 2.36. The van der Waals surface area contributed by atoms with Gasteiger partial charge in [-0.3, -0.25) is 4.90 Å². The molecule has 0 radical (unpaired) electrons. The number of ether oxygens (including phenoxy) is 1. The van der Waals surface area contributed by atoms with E-state index in [1.54, 1.807) is 0 Å². The first-order chi connectivity index (χ1) is 10.1. The molecule has 116 valence electrons. The standard InChI is InChI=1S/C18H27NO2/c1-13-11-19(12-14(2)21-13)17-10-16(8-9-18(17)20)15-6-4-3-5-7-15/h3-7,13-14,16-18,20H,8-12H2,1-2H3/t13-,14+,16?,17?,18?. The summed E-state index contributed by atoms with van der Waals surface area (Å²) in [5, 5.41) is 10.5. The minimum Gasteiger partial charge on any atom is -0.391 e. The summed E-state index contributed by atoms with van der Waals surface area (Å²) < 4.78 is 5.83. The van der Waals surface area contributed by atoms with Crippen molar-refractivity contribution >= 4 is 0 Å². The Morgan fingerprint density at radius 1 is 1.05 bits per heavy atom. The van der Waals surface area contributed by atoms with Gasteiger partial charge >= 0.3 is 0 Å². The molecule has 3 nitrogen and oxygen atoms in total. The highest BCUT2D eigenvalue weighted by atomic mass is 16.5. The number of nitrogens with zero attached hydrogens (tertiary/aromatic N) is 1. The maximum atomic E-state index is 10.5. The number of hydrogen-bond acceptors (Lipinski definition) is 3. The molecule has 2 fully saturated rings. The molecule has 0 bridgehead atoms. The predicted octanol–water partition coefficient (Wildman–Crippen LogP) is 2.79. The Bertz CT molecular complexity index is 440. The van der Waals surface area contributed by atoms with E-state index in [0.717, 1.165) is 32.4 Å². The summed E-state index contributed by atoms with van der Waals surface area (Å²) in [6.45, 7) is 6.14. The van der Waals surface area contributed by atoms with Crippen LogP contribution in [0.1, 0.15) is 44.6 Å². The van der Waals surface area contributed by atoms with Crippen molar-refractivity contribution in [2.45, 2.75) is 63.4 Å².